The van der Waals surface area contributed by atoms with Crippen LogP contribution in [0.4, 0.5) is 0 Å². The lowest BCUT2D eigenvalue weighted by atomic mass is 9.87. The molecular formula is C58H96N2. The molecule has 0 aromatic heterocycles. The van der Waals surface area contributed by atoms with E-state index >= 15 is 0 Å². The van der Waals surface area contributed by atoms with Crippen molar-refractivity contribution in [1.82, 2.24) is 0 Å². The van der Waals surface area contributed by atoms with Gasteiger partial charge in [-0.15, -0.1) is 0 Å². The summed E-state index contributed by atoms with van der Waals surface area (Å²) in [5.41, 5.74) is 28.1. The monoisotopic (exact) mass is 821 g/mol. The molecule has 1 aliphatic heterocycles. The van der Waals surface area contributed by atoms with Gasteiger partial charge in [0, 0.05) is 22.8 Å². The van der Waals surface area contributed by atoms with Gasteiger partial charge in [-0.3, -0.25) is 0 Å². The van der Waals surface area contributed by atoms with E-state index in [2.05, 4.69) is 78.8 Å². The van der Waals surface area contributed by atoms with Crippen LogP contribution in [0.5, 0.6) is 0 Å². The van der Waals surface area contributed by atoms with E-state index in [1.807, 2.05) is 0 Å². The topological polar surface area (TPSA) is 25.3 Å². The Balaban J connectivity index is 2.15. The molecule has 2 aromatic rings. The zero-order chi connectivity index (χ0) is 43.2. The Morgan fingerprint density at radius 3 is 1.00 bits per heavy atom. The Morgan fingerprint density at radius 2 is 0.617 bits per heavy atom. The van der Waals surface area contributed by atoms with Crippen molar-refractivity contribution >= 4 is 11.4 Å². The highest BCUT2D eigenvalue weighted by molar-refractivity contribution is 5.79. The molecule has 0 fully saturated rings. The second kappa shape index (κ2) is 32.2. The van der Waals surface area contributed by atoms with Crippen molar-refractivity contribution in [3.63, 3.8) is 0 Å². The van der Waals surface area contributed by atoms with Crippen molar-refractivity contribution < 1.29 is 4.70 Å². The van der Waals surface area contributed by atoms with Gasteiger partial charge in [0.05, 0.1) is 0 Å². The molecule has 0 aliphatic carbocycles. The minimum atomic E-state index is 1.01. The van der Waals surface area contributed by atoms with Crippen LogP contribution in [0, 0.1) is 0 Å². The molecule has 0 saturated carbocycles. The largest absolute Gasteiger partial charge is 0.493 e. The van der Waals surface area contributed by atoms with E-state index in [0.29, 0.717) is 0 Å². The average Bonchev–Trinajstić information content (AvgIpc) is 3.58. The van der Waals surface area contributed by atoms with Gasteiger partial charge in [-0.25, -0.2) is 4.70 Å². The molecule has 2 nitrogen and oxygen atoms in total. The summed E-state index contributed by atoms with van der Waals surface area (Å²) in [7, 11) is 0. The third-order valence-corrected chi connectivity index (χ3v) is 13.6. The highest BCUT2D eigenvalue weighted by Gasteiger charge is 2.31. The second-order valence-corrected chi connectivity index (χ2v) is 18.9. The fourth-order valence-electron chi connectivity index (χ4n) is 9.84. The molecule has 0 bridgehead atoms. The summed E-state index contributed by atoms with van der Waals surface area (Å²) in [6.07, 6.45) is 46.6. The summed E-state index contributed by atoms with van der Waals surface area (Å²) in [6, 6.07) is 10.1. The first kappa shape index (κ1) is 51.9. The lowest BCUT2D eigenvalue weighted by molar-refractivity contribution is -0.344. The lowest BCUT2D eigenvalue weighted by Gasteiger charge is -2.20. The van der Waals surface area contributed by atoms with Gasteiger partial charge >= 0.3 is 0 Å². The number of benzene rings is 2. The second-order valence-electron chi connectivity index (χ2n) is 18.9. The van der Waals surface area contributed by atoms with Crippen LogP contribution >= 0.6 is 0 Å². The number of hydrogen-bond acceptors (Lipinski definition) is 0. The predicted octanol–water partition coefficient (Wildman–Crippen LogP) is 19.2. The van der Waals surface area contributed by atoms with Crippen molar-refractivity contribution in [2.24, 2.45) is 0 Å². The maximum absolute atomic E-state index is 12.7. The van der Waals surface area contributed by atoms with Crippen LogP contribution in [0.1, 0.15) is 279 Å². The zero-order valence-corrected chi connectivity index (χ0v) is 41.0. The Bertz CT molecular complexity index is 1480. The number of rotatable bonds is 37. The van der Waals surface area contributed by atoms with Crippen LogP contribution < -0.4 is 0 Å². The summed E-state index contributed by atoms with van der Waals surface area (Å²) < 4.78 is 1.66. The van der Waals surface area contributed by atoms with Crippen LogP contribution in [-0.2, 0) is 38.5 Å². The fourth-order valence-corrected chi connectivity index (χ4v) is 9.84. The van der Waals surface area contributed by atoms with E-state index in [4.69, 9.17) is 0 Å². The number of unbranched alkanes of at least 4 members (excludes halogenated alkanes) is 21. The summed E-state index contributed by atoms with van der Waals surface area (Å²) in [5.74, 6) is 0. The van der Waals surface area contributed by atoms with Gasteiger partial charge in [0.1, 0.15) is 0 Å². The molecule has 0 atom stereocenters. The molecule has 0 amide bonds. The molecule has 338 valence electrons. The Morgan fingerprint density at radius 1 is 0.333 bits per heavy atom. The van der Waals surface area contributed by atoms with Gasteiger partial charge in [-0.05, 0) is 148 Å². The van der Waals surface area contributed by atoms with E-state index < -0.39 is 0 Å². The molecule has 1 heterocycles. The summed E-state index contributed by atoms with van der Waals surface area (Å²) in [6.45, 7) is 16.3. The van der Waals surface area contributed by atoms with Crippen LogP contribution in [-0.4, -0.2) is 4.70 Å². The molecule has 0 saturated heterocycles. The highest BCUT2D eigenvalue weighted by Crippen LogP contribution is 2.41. The fraction of sp³-hybridized carbons (Fsp3) is 0.724. The third kappa shape index (κ3) is 18.1. The third-order valence-electron chi connectivity index (χ3n) is 13.6. The van der Waals surface area contributed by atoms with Gasteiger partial charge in [0.2, 0.25) is 11.4 Å². The maximum atomic E-state index is 12.7. The Hall–Kier alpha value is -2.48. The van der Waals surface area contributed by atoms with Crippen molar-refractivity contribution in [3.8, 4) is 0 Å². The molecular weight excluding hydrogens is 725 g/mol. The normalized spacial score (nSPS) is 13.0. The average molecular weight is 821 g/mol. The number of aryl methyl sites for hydroxylation is 4. The summed E-state index contributed by atoms with van der Waals surface area (Å²) in [4.78, 5) is 0. The zero-order valence-electron chi connectivity index (χ0n) is 41.0. The molecule has 0 N–H and O–H groups in total. The van der Waals surface area contributed by atoms with Crippen LogP contribution in [0.15, 0.2) is 35.9 Å². The van der Waals surface area contributed by atoms with Crippen molar-refractivity contribution in [2.45, 2.75) is 273 Å². The van der Waals surface area contributed by atoms with E-state index in [9.17, 15) is 5.53 Å². The lowest BCUT2D eigenvalue weighted by Crippen LogP contribution is -2.09. The van der Waals surface area contributed by atoms with Crippen molar-refractivity contribution in [3.05, 3.63) is 86.0 Å². The maximum Gasteiger partial charge on any atom is 0.210 e. The van der Waals surface area contributed by atoms with E-state index in [1.54, 1.807) is 38.1 Å². The quantitative estimate of drug-likeness (QED) is 0.0479. The standard InChI is InChI=1S/C58H96N2/c1-8-15-22-25-27-34-41-55-48(36-29-18-11-4)43-53(44-49(55)37-30-19-12-5)57-47-52(40-33-24-17-10-3)58(60(57)59)54-45-50(38-31-20-13-6)56(42-35-28-26-23-16-9-2)51(46-54)39-32-21-14-7/h43-47H,8-42H2,1-7H3. The van der Waals surface area contributed by atoms with Gasteiger partial charge < -0.3 is 5.53 Å². The molecule has 0 unspecified atom stereocenters. The molecule has 3 rings (SSSR count). The Kier molecular flexibility index (Phi) is 27.9. The highest BCUT2D eigenvalue weighted by atomic mass is 15.2. The van der Waals surface area contributed by atoms with E-state index in [-0.39, 0.29) is 0 Å². The van der Waals surface area contributed by atoms with Gasteiger partial charge in [0.15, 0.2) is 0 Å². The Labute approximate surface area is 373 Å². The van der Waals surface area contributed by atoms with E-state index in [0.717, 1.165) is 43.5 Å². The van der Waals surface area contributed by atoms with Crippen LogP contribution in [0.3, 0.4) is 0 Å². The number of allylic oxidation sites excluding steroid dienone is 2. The molecule has 2 heteroatoms. The van der Waals surface area contributed by atoms with Gasteiger partial charge in [-0.1, -0.05) is 183 Å². The molecule has 0 radical (unpaired) electrons. The first-order valence-electron chi connectivity index (χ1n) is 26.7. The molecule has 2 aromatic carbocycles. The first-order valence-corrected chi connectivity index (χ1v) is 26.7. The van der Waals surface area contributed by atoms with Gasteiger partial charge in [-0.2, -0.15) is 0 Å². The van der Waals surface area contributed by atoms with Crippen molar-refractivity contribution in [2.75, 3.05) is 0 Å². The smallest absolute Gasteiger partial charge is 0.210 e. The van der Waals surface area contributed by atoms with E-state index in [1.165, 1.54) is 209 Å². The van der Waals surface area contributed by atoms with Crippen LogP contribution in [0.2, 0.25) is 0 Å². The molecule has 0 spiro atoms. The summed E-state index contributed by atoms with van der Waals surface area (Å²) in [5, 5.41) is 0. The number of hydrogen-bond donors (Lipinski definition) is 0. The van der Waals surface area contributed by atoms with Crippen LogP contribution in [0.25, 0.3) is 16.9 Å². The van der Waals surface area contributed by atoms with Crippen molar-refractivity contribution in [1.29, 1.82) is 0 Å². The summed E-state index contributed by atoms with van der Waals surface area (Å²) >= 11 is 0. The SMILES string of the molecule is CCCCCCCCc1c(CCCCC)cc(C2=CC(CCCCCC)=C(c3cc(CCCCC)c(CCCCCCCC)c(CCCCC)c3)[N+]2=[N-])cc1CCCCC. The predicted molar refractivity (Wildman–Crippen MR) is 267 cm³/mol. The molecule has 60 heavy (non-hydrogen) atoms. The molecule has 1 aliphatic rings. The number of nitrogens with zero attached hydrogens (tertiary/aromatic N) is 2. The minimum Gasteiger partial charge on any atom is -0.493 e. The first-order chi connectivity index (χ1) is 29.5. The minimum absolute atomic E-state index is 1.01. The van der Waals surface area contributed by atoms with Gasteiger partial charge in [0.25, 0.3) is 0 Å².